The number of nitriles is 1. The number of hydrogen-bond acceptors (Lipinski definition) is 3. The third kappa shape index (κ3) is 3.81. The Morgan fingerprint density at radius 2 is 1.91 bits per heavy atom. The number of ether oxygens (including phenoxy) is 2. The summed E-state index contributed by atoms with van der Waals surface area (Å²) < 4.78 is 10.8. The van der Waals surface area contributed by atoms with Gasteiger partial charge >= 0.3 is 0 Å². The molecule has 0 spiro atoms. The Bertz CT molecular complexity index is 715. The first-order valence-corrected chi connectivity index (χ1v) is 7.24. The number of benzene rings is 2. The van der Waals surface area contributed by atoms with Crippen molar-refractivity contribution in [3.63, 3.8) is 0 Å². The Labute approximate surface area is 135 Å². The minimum absolute atomic E-state index is 0.547. The zero-order chi connectivity index (χ0) is 15.9. The molecule has 2 rings (SSSR count). The summed E-state index contributed by atoms with van der Waals surface area (Å²) >= 11 is 5.88. The lowest BCUT2D eigenvalue weighted by Crippen LogP contribution is -1.95. The predicted octanol–water partition coefficient (Wildman–Crippen LogP) is 4.81. The minimum Gasteiger partial charge on any atom is -0.493 e. The molecule has 22 heavy (non-hydrogen) atoms. The van der Waals surface area contributed by atoms with Crippen molar-refractivity contribution in [3.05, 3.63) is 58.6 Å². The molecule has 0 bridgehead atoms. The molecule has 0 aliphatic carbocycles. The monoisotopic (exact) mass is 313 g/mol. The van der Waals surface area contributed by atoms with Gasteiger partial charge in [-0.05, 0) is 48.4 Å². The average molecular weight is 314 g/mol. The lowest BCUT2D eigenvalue weighted by Gasteiger charge is -2.10. The smallest absolute Gasteiger partial charge is 0.161 e. The SMILES string of the molecule is CCOc1cc(/C=C(/C#N)c2ccc(Cl)cc2)ccc1OC. The third-order valence-electron chi connectivity index (χ3n) is 3.07. The molecule has 112 valence electrons. The molecule has 0 N–H and O–H groups in total. The van der Waals surface area contributed by atoms with Gasteiger partial charge in [0.05, 0.1) is 25.4 Å². The van der Waals surface area contributed by atoms with Gasteiger partial charge in [0.2, 0.25) is 0 Å². The standard InChI is InChI=1S/C18H16ClNO2/c1-3-22-18-11-13(4-9-17(18)21-2)10-15(12-20)14-5-7-16(19)8-6-14/h4-11H,3H2,1-2H3/b15-10-. The summed E-state index contributed by atoms with van der Waals surface area (Å²) in [6, 6.07) is 15.0. The van der Waals surface area contributed by atoms with Crippen LogP contribution in [0.3, 0.4) is 0 Å². The molecule has 0 heterocycles. The number of methoxy groups -OCH3 is 1. The number of allylic oxidation sites excluding steroid dienone is 1. The summed E-state index contributed by atoms with van der Waals surface area (Å²) in [5.41, 5.74) is 2.25. The van der Waals surface area contributed by atoms with Crippen LogP contribution in [0.25, 0.3) is 11.6 Å². The van der Waals surface area contributed by atoms with Crippen LogP contribution in [0.1, 0.15) is 18.1 Å². The summed E-state index contributed by atoms with van der Waals surface area (Å²) in [6.07, 6.45) is 1.81. The highest BCUT2D eigenvalue weighted by molar-refractivity contribution is 6.30. The Morgan fingerprint density at radius 3 is 2.50 bits per heavy atom. The molecule has 0 aliphatic rings. The van der Waals surface area contributed by atoms with E-state index in [1.165, 1.54) is 0 Å². The number of hydrogen-bond donors (Lipinski definition) is 0. The van der Waals surface area contributed by atoms with E-state index in [2.05, 4.69) is 6.07 Å². The van der Waals surface area contributed by atoms with Gasteiger partial charge in [-0.3, -0.25) is 0 Å². The van der Waals surface area contributed by atoms with Gasteiger partial charge in [0, 0.05) is 5.02 Å². The fourth-order valence-corrected chi connectivity index (χ4v) is 2.15. The zero-order valence-corrected chi connectivity index (χ0v) is 13.2. The Morgan fingerprint density at radius 1 is 1.18 bits per heavy atom. The topological polar surface area (TPSA) is 42.2 Å². The van der Waals surface area contributed by atoms with Crippen LogP contribution in [0.4, 0.5) is 0 Å². The van der Waals surface area contributed by atoms with Crippen LogP contribution in [0.2, 0.25) is 5.02 Å². The molecule has 0 radical (unpaired) electrons. The largest absolute Gasteiger partial charge is 0.493 e. The van der Waals surface area contributed by atoms with Crippen LogP contribution < -0.4 is 9.47 Å². The number of nitrogens with zero attached hydrogens (tertiary/aromatic N) is 1. The first kappa shape index (κ1) is 15.9. The van der Waals surface area contributed by atoms with E-state index in [4.69, 9.17) is 21.1 Å². The lowest BCUT2D eigenvalue weighted by atomic mass is 10.0. The molecule has 3 nitrogen and oxygen atoms in total. The van der Waals surface area contributed by atoms with E-state index in [-0.39, 0.29) is 0 Å². The molecule has 0 aliphatic heterocycles. The first-order chi connectivity index (χ1) is 10.7. The van der Waals surface area contributed by atoms with Crippen molar-refractivity contribution in [1.29, 1.82) is 5.26 Å². The van der Waals surface area contributed by atoms with Gasteiger partial charge in [0.25, 0.3) is 0 Å². The van der Waals surface area contributed by atoms with Crippen LogP contribution in [-0.4, -0.2) is 13.7 Å². The van der Waals surface area contributed by atoms with E-state index in [9.17, 15) is 5.26 Å². The van der Waals surface area contributed by atoms with Gasteiger partial charge in [-0.2, -0.15) is 5.26 Å². The van der Waals surface area contributed by atoms with E-state index in [0.717, 1.165) is 11.1 Å². The summed E-state index contributed by atoms with van der Waals surface area (Å²) in [5, 5.41) is 10.0. The minimum atomic E-state index is 0.547. The van der Waals surface area contributed by atoms with E-state index < -0.39 is 0 Å². The maximum absolute atomic E-state index is 9.38. The van der Waals surface area contributed by atoms with Gasteiger partial charge in [-0.25, -0.2) is 0 Å². The van der Waals surface area contributed by atoms with Crippen molar-refractivity contribution >= 4 is 23.3 Å². The predicted molar refractivity (Wildman–Crippen MR) is 89.1 cm³/mol. The van der Waals surface area contributed by atoms with Crippen molar-refractivity contribution in [2.24, 2.45) is 0 Å². The lowest BCUT2D eigenvalue weighted by molar-refractivity contribution is 0.311. The molecule has 0 aromatic heterocycles. The molecule has 4 heteroatoms. The van der Waals surface area contributed by atoms with Gasteiger partial charge in [0.1, 0.15) is 0 Å². The summed E-state index contributed by atoms with van der Waals surface area (Å²) in [5.74, 6) is 1.33. The van der Waals surface area contributed by atoms with Crippen molar-refractivity contribution in [2.75, 3.05) is 13.7 Å². The van der Waals surface area contributed by atoms with Gasteiger partial charge < -0.3 is 9.47 Å². The first-order valence-electron chi connectivity index (χ1n) is 6.86. The second-order valence-electron chi connectivity index (χ2n) is 4.52. The highest BCUT2D eigenvalue weighted by Crippen LogP contribution is 2.30. The summed E-state index contributed by atoms with van der Waals surface area (Å²) in [6.45, 7) is 2.46. The fourth-order valence-electron chi connectivity index (χ4n) is 2.03. The molecule has 0 fully saturated rings. The quantitative estimate of drug-likeness (QED) is 0.587. The van der Waals surface area contributed by atoms with Crippen LogP contribution in [0.15, 0.2) is 42.5 Å². The van der Waals surface area contributed by atoms with Crippen LogP contribution in [0, 0.1) is 11.3 Å². The normalized spacial score (nSPS) is 10.9. The maximum Gasteiger partial charge on any atom is 0.161 e. The van der Waals surface area contributed by atoms with Crippen molar-refractivity contribution in [2.45, 2.75) is 6.92 Å². The zero-order valence-electron chi connectivity index (χ0n) is 12.5. The van der Waals surface area contributed by atoms with Gasteiger partial charge in [-0.15, -0.1) is 0 Å². The third-order valence-corrected chi connectivity index (χ3v) is 3.33. The summed E-state index contributed by atoms with van der Waals surface area (Å²) in [4.78, 5) is 0. The van der Waals surface area contributed by atoms with E-state index in [1.54, 1.807) is 19.2 Å². The van der Waals surface area contributed by atoms with Crippen LogP contribution in [0.5, 0.6) is 11.5 Å². The second-order valence-corrected chi connectivity index (χ2v) is 4.96. The fraction of sp³-hybridized carbons (Fsp3) is 0.167. The molecule has 0 saturated carbocycles. The molecule has 0 saturated heterocycles. The summed E-state index contributed by atoms with van der Waals surface area (Å²) in [7, 11) is 1.60. The molecule has 2 aromatic rings. The Hall–Kier alpha value is -2.44. The van der Waals surface area contributed by atoms with Crippen molar-refractivity contribution in [1.82, 2.24) is 0 Å². The molecule has 0 unspecified atom stereocenters. The number of rotatable bonds is 5. The second kappa shape index (κ2) is 7.53. The van der Waals surface area contributed by atoms with Crippen molar-refractivity contribution < 1.29 is 9.47 Å². The van der Waals surface area contributed by atoms with Crippen LogP contribution >= 0.6 is 11.6 Å². The Balaban J connectivity index is 2.39. The molecular formula is C18H16ClNO2. The van der Waals surface area contributed by atoms with E-state index in [1.807, 2.05) is 43.3 Å². The molecule has 0 amide bonds. The molecule has 2 aromatic carbocycles. The van der Waals surface area contributed by atoms with Gasteiger partial charge in [-0.1, -0.05) is 29.8 Å². The van der Waals surface area contributed by atoms with Gasteiger partial charge in [0.15, 0.2) is 11.5 Å². The molecular weight excluding hydrogens is 298 g/mol. The molecule has 0 atom stereocenters. The Kier molecular flexibility index (Phi) is 5.46. The highest BCUT2D eigenvalue weighted by atomic mass is 35.5. The number of halogens is 1. The van der Waals surface area contributed by atoms with Crippen LogP contribution in [-0.2, 0) is 0 Å². The average Bonchev–Trinajstić information content (AvgIpc) is 2.54. The van der Waals surface area contributed by atoms with Crippen molar-refractivity contribution in [3.8, 4) is 17.6 Å². The maximum atomic E-state index is 9.38. The highest BCUT2D eigenvalue weighted by Gasteiger charge is 2.06. The van der Waals surface area contributed by atoms with E-state index in [0.29, 0.717) is 28.7 Å². The van der Waals surface area contributed by atoms with E-state index >= 15 is 0 Å².